The Hall–Kier alpha value is -1.51. The van der Waals surface area contributed by atoms with Gasteiger partial charge in [0.15, 0.2) is 0 Å². The molecule has 3 heteroatoms. The van der Waals surface area contributed by atoms with Gasteiger partial charge < -0.3 is 10.4 Å². The topological polar surface area (TPSA) is 49.3 Å². The molecule has 1 aliphatic rings. The number of nitrogens with one attached hydrogen (secondary N) is 1. The van der Waals surface area contributed by atoms with Gasteiger partial charge in [-0.05, 0) is 50.8 Å². The van der Waals surface area contributed by atoms with Gasteiger partial charge in [0.2, 0.25) is 0 Å². The number of rotatable bonds is 3. The summed E-state index contributed by atoms with van der Waals surface area (Å²) in [4.78, 5) is 11.2. The van der Waals surface area contributed by atoms with Crippen LogP contribution in [0.2, 0.25) is 0 Å². The van der Waals surface area contributed by atoms with E-state index in [0.717, 1.165) is 17.7 Å². The fourth-order valence-corrected chi connectivity index (χ4v) is 2.35. The quantitative estimate of drug-likeness (QED) is 0.844. The van der Waals surface area contributed by atoms with Crippen molar-refractivity contribution in [2.75, 3.05) is 5.32 Å². The molecule has 0 aromatic heterocycles. The number of carboxylic acids is 1. The van der Waals surface area contributed by atoms with Gasteiger partial charge >= 0.3 is 5.97 Å². The second-order valence-corrected chi connectivity index (χ2v) is 5.56. The molecule has 2 N–H and O–H groups in total. The molecule has 1 heterocycles. The van der Waals surface area contributed by atoms with Crippen molar-refractivity contribution in [1.29, 1.82) is 0 Å². The van der Waals surface area contributed by atoms with Crippen molar-refractivity contribution in [1.82, 2.24) is 0 Å². The monoisotopic (exact) mass is 233 g/mol. The molecule has 0 saturated heterocycles. The molecule has 1 aromatic carbocycles. The van der Waals surface area contributed by atoms with Gasteiger partial charge in [-0.25, -0.2) is 0 Å². The maximum atomic E-state index is 11.2. The molecule has 0 amide bonds. The number of hydrogen-bond acceptors (Lipinski definition) is 2. The molecule has 2 rings (SSSR count). The van der Waals surface area contributed by atoms with E-state index < -0.39 is 11.4 Å². The van der Waals surface area contributed by atoms with E-state index in [4.69, 9.17) is 0 Å². The Morgan fingerprint density at radius 3 is 2.88 bits per heavy atom. The first kappa shape index (κ1) is 12.0. The van der Waals surface area contributed by atoms with Crippen LogP contribution in [0, 0.1) is 5.41 Å². The first-order valence-corrected chi connectivity index (χ1v) is 6.01. The highest BCUT2D eigenvalue weighted by atomic mass is 16.4. The summed E-state index contributed by atoms with van der Waals surface area (Å²) in [5, 5.41) is 12.6. The van der Waals surface area contributed by atoms with Gasteiger partial charge in [-0.3, -0.25) is 4.79 Å². The summed E-state index contributed by atoms with van der Waals surface area (Å²) in [5.74, 6) is -0.742. The summed E-state index contributed by atoms with van der Waals surface area (Å²) < 4.78 is 0. The molecular weight excluding hydrogens is 214 g/mol. The summed E-state index contributed by atoms with van der Waals surface area (Å²) in [6.07, 6.45) is 1.57. The molecule has 1 aliphatic heterocycles. The van der Waals surface area contributed by atoms with Crippen molar-refractivity contribution < 1.29 is 9.90 Å². The molecular formula is C14H19NO2. The van der Waals surface area contributed by atoms with Gasteiger partial charge in [0.1, 0.15) is 0 Å². The minimum atomic E-state index is -0.742. The van der Waals surface area contributed by atoms with E-state index in [-0.39, 0.29) is 0 Å². The largest absolute Gasteiger partial charge is 0.481 e. The third kappa shape index (κ3) is 2.28. The average Bonchev–Trinajstić information content (AvgIpc) is 2.59. The third-order valence-corrected chi connectivity index (χ3v) is 3.40. The summed E-state index contributed by atoms with van der Waals surface area (Å²) in [6, 6.07) is 6.55. The summed E-state index contributed by atoms with van der Waals surface area (Å²) in [7, 11) is 0. The lowest BCUT2D eigenvalue weighted by Gasteiger charge is -2.20. The fourth-order valence-electron chi connectivity index (χ4n) is 2.35. The normalized spacial score (nSPS) is 18.6. The molecule has 17 heavy (non-hydrogen) atoms. The lowest BCUT2D eigenvalue weighted by Crippen LogP contribution is -2.26. The SMILES string of the molecule is CC1Cc2c(CC(C)(C)C(=O)O)cccc2N1. The maximum Gasteiger partial charge on any atom is 0.309 e. The second-order valence-electron chi connectivity index (χ2n) is 5.56. The van der Waals surface area contributed by atoms with Crippen molar-refractivity contribution in [3.63, 3.8) is 0 Å². The van der Waals surface area contributed by atoms with E-state index in [2.05, 4.69) is 18.3 Å². The van der Waals surface area contributed by atoms with E-state index in [9.17, 15) is 9.90 Å². The Morgan fingerprint density at radius 2 is 2.24 bits per heavy atom. The molecule has 1 aromatic rings. The van der Waals surface area contributed by atoms with Crippen molar-refractivity contribution in [3.05, 3.63) is 29.3 Å². The van der Waals surface area contributed by atoms with Gasteiger partial charge in [-0.2, -0.15) is 0 Å². The van der Waals surface area contributed by atoms with Crippen molar-refractivity contribution in [3.8, 4) is 0 Å². The number of hydrogen-bond donors (Lipinski definition) is 2. The molecule has 0 spiro atoms. The Balaban J connectivity index is 2.30. The lowest BCUT2D eigenvalue weighted by atomic mass is 9.83. The number of anilines is 1. The molecule has 0 saturated carbocycles. The predicted molar refractivity (Wildman–Crippen MR) is 68.4 cm³/mol. The molecule has 0 aliphatic carbocycles. The minimum absolute atomic E-state index is 0.444. The highest BCUT2D eigenvalue weighted by molar-refractivity contribution is 5.74. The van der Waals surface area contributed by atoms with Crippen LogP contribution >= 0.6 is 0 Å². The van der Waals surface area contributed by atoms with Crippen LogP contribution in [0.15, 0.2) is 18.2 Å². The number of carboxylic acid groups (broad SMARTS) is 1. The Kier molecular flexibility index (Phi) is 2.86. The Labute approximate surface area is 102 Å². The zero-order valence-electron chi connectivity index (χ0n) is 10.6. The van der Waals surface area contributed by atoms with E-state index in [0.29, 0.717) is 12.5 Å². The van der Waals surface area contributed by atoms with Crippen molar-refractivity contribution >= 4 is 11.7 Å². The van der Waals surface area contributed by atoms with Crippen LogP contribution in [0.25, 0.3) is 0 Å². The van der Waals surface area contributed by atoms with E-state index in [1.54, 1.807) is 13.8 Å². The predicted octanol–water partition coefficient (Wildman–Crippen LogP) is 2.70. The summed E-state index contributed by atoms with van der Waals surface area (Å²) in [6.45, 7) is 5.70. The first-order chi connectivity index (χ1) is 7.90. The zero-order valence-corrected chi connectivity index (χ0v) is 10.6. The molecule has 92 valence electrons. The number of benzene rings is 1. The van der Waals surface area contributed by atoms with Gasteiger partial charge in [-0.15, -0.1) is 0 Å². The Bertz CT molecular complexity index is 452. The Morgan fingerprint density at radius 1 is 1.53 bits per heavy atom. The van der Waals surface area contributed by atoms with E-state index in [1.165, 1.54) is 5.56 Å². The van der Waals surface area contributed by atoms with Crippen LogP contribution in [0.5, 0.6) is 0 Å². The smallest absolute Gasteiger partial charge is 0.309 e. The average molecular weight is 233 g/mol. The van der Waals surface area contributed by atoms with Crippen LogP contribution in [-0.4, -0.2) is 17.1 Å². The van der Waals surface area contributed by atoms with E-state index in [1.807, 2.05) is 12.1 Å². The number of carbonyl (C=O) groups is 1. The van der Waals surface area contributed by atoms with Crippen LogP contribution < -0.4 is 5.32 Å². The fraction of sp³-hybridized carbons (Fsp3) is 0.500. The molecule has 0 radical (unpaired) electrons. The zero-order chi connectivity index (χ0) is 12.6. The maximum absolute atomic E-state index is 11.2. The summed E-state index contributed by atoms with van der Waals surface area (Å²) in [5.41, 5.74) is 2.90. The second kappa shape index (κ2) is 4.06. The molecule has 0 fully saturated rings. The highest BCUT2D eigenvalue weighted by Crippen LogP contribution is 2.32. The number of aliphatic carboxylic acids is 1. The summed E-state index contributed by atoms with van der Waals surface area (Å²) >= 11 is 0. The van der Waals surface area contributed by atoms with Crippen molar-refractivity contribution in [2.24, 2.45) is 5.41 Å². The highest BCUT2D eigenvalue weighted by Gasteiger charge is 2.30. The minimum Gasteiger partial charge on any atom is -0.481 e. The van der Waals surface area contributed by atoms with Crippen LogP contribution in [0.3, 0.4) is 0 Å². The molecule has 3 nitrogen and oxygen atoms in total. The van der Waals surface area contributed by atoms with Gasteiger partial charge in [0.05, 0.1) is 5.41 Å². The standard InChI is InChI=1S/C14H19NO2/c1-9-7-11-10(5-4-6-12(11)15-9)8-14(2,3)13(16)17/h4-6,9,15H,7-8H2,1-3H3,(H,16,17). The van der Waals surface area contributed by atoms with Crippen LogP contribution in [0.4, 0.5) is 5.69 Å². The molecule has 0 bridgehead atoms. The lowest BCUT2D eigenvalue weighted by molar-refractivity contribution is -0.146. The van der Waals surface area contributed by atoms with Crippen LogP contribution in [-0.2, 0) is 17.6 Å². The van der Waals surface area contributed by atoms with Gasteiger partial charge in [0.25, 0.3) is 0 Å². The van der Waals surface area contributed by atoms with Crippen molar-refractivity contribution in [2.45, 2.75) is 39.7 Å². The third-order valence-electron chi connectivity index (χ3n) is 3.40. The van der Waals surface area contributed by atoms with E-state index >= 15 is 0 Å². The van der Waals surface area contributed by atoms with Gasteiger partial charge in [0, 0.05) is 11.7 Å². The van der Waals surface area contributed by atoms with Gasteiger partial charge in [-0.1, -0.05) is 12.1 Å². The molecule has 1 atom stereocenters. The molecule has 1 unspecified atom stereocenters. The first-order valence-electron chi connectivity index (χ1n) is 6.01. The number of fused-ring (bicyclic) bond motifs is 1. The van der Waals surface area contributed by atoms with Crippen LogP contribution in [0.1, 0.15) is 31.9 Å².